The van der Waals surface area contributed by atoms with Crippen molar-refractivity contribution < 1.29 is 14.4 Å². The lowest BCUT2D eigenvalue weighted by molar-refractivity contribution is -0.116. The van der Waals surface area contributed by atoms with Gasteiger partial charge in [-0.2, -0.15) is 0 Å². The van der Waals surface area contributed by atoms with Crippen LogP contribution in [0.3, 0.4) is 0 Å². The Kier molecular flexibility index (Phi) is 2.32. The minimum Gasteiger partial charge on any atom is -0.351 e. The van der Waals surface area contributed by atoms with Crippen LogP contribution in [-0.2, 0) is 4.79 Å². The number of anilines is 1. The van der Waals surface area contributed by atoms with Gasteiger partial charge in [-0.3, -0.25) is 9.59 Å². The lowest BCUT2D eigenvalue weighted by Crippen LogP contribution is -2.42. The molecule has 0 saturated carbocycles. The van der Waals surface area contributed by atoms with Crippen LogP contribution < -0.4 is 16.0 Å². The monoisotopic (exact) mass is 218 g/mol. The highest BCUT2D eigenvalue weighted by molar-refractivity contribution is 6.20. The van der Waals surface area contributed by atoms with E-state index in [4.69, 9.17) is 5.73 Å². The number of benzene rings is 1. The number of carbonyl (C=O) groups excluding carboxylic acids is 3. The van der Waals surface area contributed by atoms with Gasteiger partial charge >= 0.3 is 6.03 Å². The van der Waals surface area contributed by atoms with Crippen molar-refractivity contribution in [3.63, 3.8) is 0 Å². The molecule has 2 N–H and O–H groups in total. The first-order valence-electron chi connectivity index (χ1n) is 4.54. The summed E-state index contributed by atoms with van der Waals surface area (Å²) >= 11 is 0. The van der Waals surface area contributed by atoms with Gasteiger partial charge < -0.3 is 5.73 Å². The Balaban J connectivity index is 2.61. The number of rotatable bonds is 0. The van der Waals surface area contributed by atoms with Crippen LogP contribution in [-0.4, -0.2) is 24.4 Å². The van der Waals surface area contributed by atoms with E-state index in [1.165, 1.54) is 12.1 Å². The Morgan fingerprint density at radius 3 is 2.69 bits per heavy atom. The first-order valence-corrected chi connectivity index (χ1v) is 4.54. The first-order chi connectivity index (χ1) is 7.61. The molecule has 6 nitrogen and oxygen atoms in total. The maximum absolute atomic E-state index is 11.5. The molecule has 1 aliphatic heterocycles. The molecular formula is C10H8N3O3. The van der Waals surface area contributed by atoms with Crippen molar-refractivity contribution in [3.05, 3.63) is 29.8 Å². The average Bonchev–Trinajstić information content (AvgIpc) is 2.37. The molecule has 1 radical (unpaired) electrons. The molecule has 6 heteroatoms. The highest BCUT2D eigenvalue weighted by Gasteiger charge is 2.30. The quantitative estimate of drug-likeness (QED) is 0.656. The molecule has 0 aliphatic carbocycles. The smallest absolute Gasteiger partial charge is 0.326 e. The van der Waals surface area contributed by atoms with E-state index >= 15 is 0 Å². The van der Waals surface area contributed by atoms with Gasteiger partial charge in [-0.05, 0) is 12.1 Å². The van der Waals surface area contributed by atoms with E-state index in [1.54, 1.807) is 12.1 Å². The van der Waals surface area contributed by atoms with Gasteiger partial charge in [0.25, 0.3) is 11.8 Å². The lowest BCUT2D eigenvalue weighted by atomic mass is 10.1. The zero-order valence-electron chi connectivity index (χ0n) is 8.21. The van der Waals surface area contributed by atoms with Crippen molar-refractivity contribution in [1.29, 1.82) is 0 Å². The number of primary amides is 1. The van der Waals surface area contributed by atoms with Crippen LogP contribution in [0.5, 0.6) is 0 Å². The summed E-state index contributed by atoms with van der Waals surface area (Å²) in [6, 6.07) is 5.30. The van der Waals surface area contributed by atoms with Crippen LogP contribution >= 0.6 is 0 Å². The number of nitrogens with zero attached hydrogens (tertiary/aromatic N) is 2. The van der Waals surface area contributed by atoms with Crippen LogP contribution in [0.4, 0.5) is 10.5 Å². The predicted octanol–water partition coefficient (Wildman–Crippen LogP) is -0.144. The molecule has 2 rings (SSSR count). The minimum atomic E-state index is -0.914. The fraction of sp³-hybridized carbons (Fsp3) is 0.100. The third-order valence-electron chi connectivity index (χ3n) is 2.20. The SMILES string of the molecule is NC(=O)N1C(=O)C[N]C(=O)c2ccccc21. The minimum absolute atomic E-state index is 0.186. The molecule has 1 aliphatic rings. The van der Waals surface area contributed by atoms with Gasteiger partial charge in [-0.1, -0.05) is 12.1 Å². The fourth-order valence-electron chi connectivity index (χ4n) is 1.52. The van der Waals surface area contributed by atoms with Gasteiger partial charge in [0.2, 0.25) is 0 Å². The molecule has 0 bridgehead atoms. The van der Waals surface area contributed by atoms with Crippen LogP contribution in [0.25, 0.3) is 0 Å². The molecule has 0 aromatic heterocycles. The van der Waals surface area contributed by atoms with Crippen LogP contribution in [0.15, 0.2) is 24.3 Å². The summed E-state index contributed by atoms with van der Waals surface area (Å²) in [4.78, 5) is 35.0. The Morgan fingerprint density at radius 1 is 1.31 bits per heavy atom. The third kappa shape index (κ3) is 1.50. The summed E-state index contributed by atoms with van der Waals surface area (Å²) in [5, 5.41) is 3.54. The Labute approximate surface area is 91.0 Å². The van der Waals surface area contributed by atoms with Crippen LogP contribution in [0.2, 0.25) is 0 Å². The molecule has 1 aromatic carbocycles. The molecule has 0 atom stereocenters. The van der Waals surface area contributed by atoms with Crippen molar-refractivity contribution in [2.45, 2.75) is 0 Å². The second kappa shape index (κ2) is 3.65. The summed E-state index contributed by atoms with van der Waals surface area (Å²) in [7, 11) is 0. The molecule has 81 valence electrons. The number of nitrogens with two attached hydrogens (primary N) is 1. The van der Waals surface area contributed by atoms with E-state index < -0.39 is 17.8 Å². The van der Waals surface area contributed by atoms with Crippen molar-refractivity contribution >= 4 is 23.5 Å². The molecule has 0 unspecified atom stereocenters. The number of fused-ring (bicyclic) bond motifs is 1. The van der Waals surface area contributed by atoms with Gasteiger partial charge in [0, 0.05) is 0 Å². The fourth-order valence-corrected chi connectivity index (χ4v) is 1.52. The molecule has 1 heterocycles. The van der Waals surface area contributed by atoms with Gasteiger partial charge in [0.05, 0.1) is 11.3 Å². The maximum atomic E-state index is 11.5. The van der Waals surface area contributed by atoms with Crippen molar-refractivity contribution in [3.8, 4) is 0 Å². The summed E-state index contributed by atoms with van der Waals surface area (Å²) < 4.78 is 0. The number of amides is 4. The number of urea groups is 1. The lowest BCUT2D eigenvalue weighted by Gasteiger charge is -2.16. The normalized spacial score (nSPS) is 15.1. The van der Waals surface area contributed by atoms with E-state index in [2.05, 4.69) is 5.32 Å². The van der Waals surface area contributed by atoms with E-state index in [-0.39, 0.29) is 17.8 Å². The van der Waals surface area contributed by atoms with Crippen molar-refractivity contribution in [1.82, 2.24) is 5.32 Å². The number of para-hydroxylation sites is 1. The Bertz CT molecular complexity index is 484. The Hall–Kier alpha value is -2.37. The second-order valence-electron chi connectivity index (χ2n) is 3.21. The highest BCUT2D eigenvalue weighted by Crippen LogP contribution is 2.22. The van der Waals surface area contributed by atoms with E-state index in [1.807, 2.05) is 0 Å². The largest absolute Gasteiger partial charge is 0.351 e. The van der Waals surface area contributed by atoms with E-state index in [9.17, 15) is 14.4 Å². The number of hydrogen-bond acceptors (Lipinski definition) is 3. The third-order valence-corrected chi connectivity index (χ3v) is 2.20. The van der Waals surface area contributed by atoms with Crippen molar-refractivity contribution in [2.24, 2.45) is 5.73 Å². The molecule has 0 spiro atoms. The van der Waals surface area contributed by atoms with Crippen molar-refractivity contribution in [2.75, 3.05) is 11.4 Å². The standard InChI is InChI=1S/C10H8N3O3/c11-10(16)13-7-4-2-1-3-6(7)9(15)12-5-8(13)14/h1-4H,5H2,(H2,11,16). The summed E-state index contributed by atoms with van der Waals surface area (Å²) in [5.74, 6) is -1.13. The molecular weight excluding hydrogens is 210 g/mol. The molecule has 0 saturated heterocycles. The predicted molar refractivity (Wildman–Crippen MR) is 54.8 cm³/mol. The molecule has 1 aromatic rings. The first kappa shape index (κ1) is 10.2. The van der Waals surface area contributed by atoms with Gasteiger partial charge in [-0.15, -0.1) is 0 Å². The zero-order chi connectivity index (χ0) is 11.7. The van der Waals surface area contributed by atoms with Gasteiger partial charge in [0.1, 0.15) is 6.54 Å². The van der Waals surface area contributed by atoms with E-state index in [0.29, 0.717) is 0 Å². The Morgan fingerprint density at radius 2 is 2.00 bits per heavy atom. The summed E-state index contributed by atoms with van der Waals surface area (Å²) in [6.07, 6.45) is 0. The topological polar surface area (TPSA) is 94.6 Å². The second-order valence-corrected chi connectivity index (χ2v) is 3.21. The maximum Gasteiger partial charge on any atom is 0.326 e. The van der Waals surface area contributed by atoms with Crippen LogP contribution in [0.1, 0.15) is 10.4 Å². The average molecular weight is 218 g/mol. The molecule has 16 heavy (non-hydrogen) atoms. The number of hydrogen-bond donors (Lipinski definition) is 1. The van der Waals surface area contributed by atoms with Crippen LogP contribution in [0, 0.1) is 0 Å². The molecule has 4 amide bonds. The van der Waals surface area contributed by atoms with Gasteiger partial charge in [-0.25, -0.2) is 15.0 Å². The number of carbonyl (C=O) groups is 3. The van der Waals surface area contributed by atoms with Gasteiger partial charge in [0.15, 0.2) is 0 Å². The summed E-state index contributed by atoms with van der Waals surface area (Å²) in [5.41, 5.74) is 5.49. The number of imide groups is 1. The highest BCUT2D eigenvalue weighted by atomic mass is 16.2. The zero-order valence-corrected chi connectivity index (χ0v) is 8.21. The summed E-state index contributed by atoms with van der Waals surface area (Å²) in [6.45, 7) is -0.365. The van der Waals surface area contributed by atoms with E-state index in [0.717, 1.165) is 4.90 Å². The molecule has 0 fully saturated rings.